The molecule has 0 spiro atoms. The molecule has 2 rings (SSSR count). The molecule has 0 bridgehead atoms. The van der Waals surface area contributed by atoms with E-state index in [1.54, 1.807) is 0 Å². The lowest BCUT2D eigenvalue weighted by atomic mass is 10.1. The summed E-state index contributed by atoms with van der Waals surface area (Å²) < 4.78 is 10.4. The highest BCUT2D eigenvalue weighted by molar-refractivity contribution is 7.80. The molecular formula is C13H20O6S. The summed E-state index contributed by atoms with van der Waals surface area (Å²) >= 11 is 4.06. The van der Waals surface area contributed by atoms with Crippen LogP contribution in [0.2, 0.25) is 0 Å². The number of aliphatic hydroxyl groups excluding tert-OH is 3. The van der Waals surface area contributed by atoms with Crippen molar-refractivity contribution >= 4 is 12.6 Å². The fourth-order valence-electron chi connectivity index (χ4n) is 1.65. The van der Waals surface area contributed by atoms with Crippen LogP contribution in [0.1, 0.15) is 13.8 Å². The molecule has 0 saturated carbocycles. The highest BCUT2D eigenvalue weighted by Crippen LogP contribution is 2.26. The predicted molar refractivity (Wildman–Crippen MR) is 75.1 cm³/mol. The van der Waals surface area contributed by atoms with Crippen LogP contribution >= 0.6 is 12.6 Å². The molecule has 1 aromatic carbocycles. The van der Waals surface area contributed by atoms with Gasteiger partial charge in [0.2, 0.25) is 6.29 Å². The van der Waals surface area contributed by atoms with E-state index < -0.39 is 24.6 Å². The Morgan fingerprint density at radius 1 is 1.15 bits per heavy atom. The molecule has 4 atom stereocenters. The third kappa shape index (κ3) is 4.26. The number of benzene rings is 1. The number of hydrogen-bond acceptors (Lipinski definition) is 7. The fraction of sp³-hybridized carbons (Fsp3) is 0.538. The molecule has 6 nitrogen and oxygen atoms in total. The number of phenols is 1. The molecule has 1 aliphatic heterocycles. The summed E-state index contributed by atoms with van der Waals surface area (Å²) in [5.41, 5.74) is 0. The summed E-state index contributed by atoms with van der Waals surface area (Å²) in [6.07, 6.45) is -4.97. The van der Waals surface area contributed by atoms with Crippen molar-refractivity contribution in [3.63, 3.8) is 0 Å². The van der Waals surface area contributed by atoms with Crippen molar-refractivity contribution in [2.45, 2.75) is 43.3 Å². The molecule has 1 saturated heterocycles. The Morgan fingerprint density at radius 2 is 1.80 bits per heavy atom. The average Bonchev–Trinajstić information content (AvgIpc) is 2.41. The van der Waals surface area contributed by atoms with E-state index in [-0.39, 0.29) is 18.1 Å². The molecule has 1 aliphatic rings. The SMILES string of the molecule is CC.Oc1cc(S)cc(OC2OCC(O)C(O)C2O)c1. The number of aromatic hydroxyl groups is 1. The normalized spacial score (nSPS) is 29.3. The Balaban J connectivity index is 0.000000956. The van der Waals surface area contributed by atoms with Crippen molar-refractivity contribution in [1.82, 2.24) is 0 Å². The van der Waals surface area contributed by atoms with Crippen molar-refractivity contribution in [3.05, 3.63) is 18.2 Å². The quantitative estimate of drug-likeness (QED) is 0.511. The Bertz CT molecular complexity index is 407. The Morgan fingerprint density at radius 3 is 2.40 bits per heavy atom. The topological polar surface area (TPSA) is 99.4 Å². The van der Waals surface area contributed by atoms with E-state index in [2.05, 4.69) is 12.6 Å². The van der Waals surface area contributed by atoms with Crippen molar-refractivity contribution in [3.8, 4) is 11.5 Å². The van der Waals surface area contributed by atoms with Gasteiger partial charge < -0.3 is 29.9 Å². The fourth-order valence-corrected chi connectivity index (χ4v) is 1.91. The summed E-state index contributed by atoms with van der Waals surface area (Å²) in [4.78, 5) is 0.482. The molecule has 1 aromatic rings. The van der Waals surface area contributed by atoms with Gasteiger partial charge in [-0.3, -0.25) is 0 Å². The molecule has 0 amide bonds. The highest BCUT2D eigenvalue weighted by Gasteiger charge is 2.39. The summed E-state index contributed by atoms with van der Waals surface area (Å²) in [5, 5.41) is 37.8. The minimum Gasteiger partial charge on any atom is -0.508 e. The van der Waals surface area contributed by atoms with Gasteiger partial charge in [-0.05, 0) is 12.1 Å². The minimum absolute atomic E-state index is 0.0385. The predicted octanol–water partition coefficient (Wildman–Crippen LogP) is 0.525. The second-order valence-corrected chi connectivity index (χ2v) is 4.57. The first-order chi connectivity index (χ1) is 9.47. The van der Waals surface area contributed by atoms with Gasteiger partial charge in [0.15, 0.2) is 0 Å². The largest absolute Gasteiger partial charge is 0.508 e. The maximum Gasteiger partial charge on any atom is 0.228 e. The molecule has 1 heterocycles. The van der Waals surface area contributed by atoms with Gasteiger partial charge in [-0.25, -0.2) is 0 Å². The van der Waals surface area contributed by atoms with Crippen LogP contribution in [0.5, 0.6) is 11.5 Å². The van der Waals surface area contributed by atoms with Gasteiger partial charge in [-0.2, -0.15) is 0 Å². The van der Waals surface area contributed by atoms with Crippen LogP contribution < -0.4 is 4.74 Å². The van der Waals surface area contributed by atoms with Gasteiger partial charge in [-0.1, -0.05) is 13.8 Å². The van der Waals surface area contributed by atoms with E-state index in [1.807, 2.05) is 13.8 Å². The molecule has 0 aliphatic carbocycles. The van der Waals surface area contributed by atoms with Crippen LogP contribution in [-0.2, 0) is 4.74 Å². The maximum atomic E-state index is 9.67. The van der Waals surface area contributed by atoms with Gasteiger partial charge in [0, 0.05) is 11.0 Å². The van der Waals surface area contributed by atoms with Crippen LogP contribution in [0.3, 0.4) is 0 Å². The monoisotopic (exact) mass is 304 g/mol. The molecule has 0 aromatic heterocycles. The van der Waals surface area contributed by atoms with Gasteiger partial charge in [0.1, 0.15) is 29.8 Å². The molecule has 4 N–H and O–H groups in total. The third-order valence-corrected chi connectivity index (χ3v) is 2.84. The minimum atomic E-state index is -1.38. The Labute approximate surface area is 123 Å². The maximum absolute atomic E-state index is 9.67. The molecule has 0 radical (unpaired) electrons. The summed E-state index contributed by atoms with van der Waals surface area (Å²) in [7, 11) is 0. The first-order valence-electron chi connectivity index (χ1n) is 6.33. The van der Waals surface area contributed by atoms with Gasteiger partial charge in [0.25, 0.3) is 0 Å². The molecule has 1 fully saturated rings. The van der Waals surface area contributed by atoms with Crippen molar-refractivity contribution in [2.75, 3.05) is 6.61 Å². The smallest absolute Gasteiger partial charge is 0.228 e. The number of rotatable bonds is 2. The lowest BCUT2D eigenvalue weighted by Crippen LogP contribution is -2.54. The standard InChI is InChI=1S/C11H14O6S.C2H6/c12-5-1-6(3-7(18)2-5)17-11-10(15)9(14)8(13)4-16-11;1-2/h1-3,8-15,18H,4H2;1-2H3. The third-order valence-electron chi connectivity index (χ3n) is 2.58. The van der Waals surface area contributed by atoms with E-state index in [4.69, 9.17) is 9.47 Å². The lowest BCUT2D eigenvalue weighted by Gasteiger charge is -2.34. The number of hydrogen-bond donors (Lipinski definition) is 5. The zero-order valence-corrected chi connectivity index (χ0v) is 12.2. The molecular weight excluding hydrogens is 284 g/mol. The van der Waals surface area contributed by atoms with Crippen molar-refractivity contribution in [1.29, 1.82) is 0 Å². The number of thiol groups is 1. The van der Waals surface area contributed by atoms with Gasteiger partial charge >= 0.3 is 0 Å². The summed E-state index contributed by atoms with van der Waals surface area (Å²) in [5.74, 6) is 0.205. The molecule has 4 unspecified atom stereocenters. The number of ether oxygens (including phenoxy) is 2. The second-order valence-electron chi connectivity index (χ2n) is 4.05. The van der Waals surface area contributed by atoms with E-state index in [0.717, 1.165) is 0 Å². The first kappa shape index (κ1) is 17.1. The van der Waals surface area contributed by atoms with Crippen LogP contribution in [0, 0.1) is 0 Å². The van der Waals surface area contributed by atoms with E-state index in [0.29, 0.717) is 4.90 Å². The highest BCUT2D eigenvalue weighted by atomic mass is 32.1. The van der Waals surface area contributed by atoms with E-state index >= 15 is 0 Å². The number of phenolic OH excluding ortho intramolecular Hbond substituents is 1. The Kier molecular flexibility index (Phi) is 6.57. The number of aliphatic hydroxyl groups is 3. The molecule has 20 heavy (non-hydrogen) atoms. The first-order valence-corrected chi connectivity index (χ1v) is 6.77. The summed E-state index contributed by atoms with van der Waals surface area (Å²) in [6, 6.07) is 4.27. The second kappa shape index (κ2) is 7.70. The Hall–Kier alpha value is -0.990. The lowest BCUT2D eigenvalue weighted by molar-refractivity contribution is -0.242. The van der Waals surface area contributed by atoms with Crippen LogP contribution in [-0.4, -0.2) is 51.6 Å². The average molecular weight is 304 g/mol. The molecule has 114 valence electrons. The van der Waals surface area contributed by atoms with Crippen LogP contribution in [0.15, 0.2) is 23.1 Å². The van der Waals surface area contributed by atoms with E-state index in [9.17, 15) is 20.4 Å². The summed E-state index contributed by atoms with van der Waals surface area (Å²) in [6.45, 7) is 3.86. The zero-order valence-electron chi connectivity index (χ0n) is 11.3. The molecule has 7 heteroatoms. The van der Waals surface area contributed by atoms with E-state index in [1.165, 1.54) is 18.2 Å². The van der Waals surface area contributed by atoms with Crippen molar-refractivity contribution < 1.29 is 29.9 Å². The zero-order chi connectivity index (χ0) is 15.3. The van der Waals surface area contributed by atoms with Crippen LogP contribution in [0.25, 0.3) is 0 Å². The van der Waals surface area contributed by atoms with Gasteiger partial charge in [0.05, 0.1) is 6.61 Å². The van der Waals surface area contributed by atoms with Gasteiger partial charge in [-0.15, -0.1) is 12.6 Å². The van der Waals surface area contributed by atoms with Crippen molar-refractivity contribution in [2.24, 2.45) is 0 Å². The van der Waals surface area contributed by atoms with Crippen LogP contribution in [0.4, 0.5) is 0 Å².